The maximum absolute atomic E-state index is 12.4. The molecule has 0 bridgehead atoms. The summed E-state index contributed by atoms with van der Waals surface area (Å²) in [6.45, 7) is 9.25. The van der Waals surface area contributed by atoms with Gasteiger partial charge in [-0.15, -0.1) is 0 Å². The number of allylic oxidation sites excluding steroid dienone is 2. The molecule has 128 valence electrons. The summed E-state index contributed by atoms with van der Waals surface area (Å²) in [5, 5.41) is 7.01. The van der Waals surface area contributed by atoms with Crippen molar-refractivity contribution in [2.24, 2.45) is 10.9 Å². The SMILES string of the molecule is C=N/C=C\C(=C/C)N1C[C@H](C)[C@H](NC(=O)c2cc(C3CC3)on2)C1. The van der Waals surface area contributed by atoms with Crippen molar-refractivity contribution in [3.63, 3.8) is 0 Å². The minimum atomic E-state index is -0.158. The van der Waals surface area contributed by atoms with Gasteiger partial charge in [0.05, 0.1) is 6.04 Å². The Hall–Kier alpha value is -2.37. The number of carbonyl (C=O) groups is 1. The van der Waals surface area contributed by atoms with Gasteiger partial charge in [-0.1, -0.05) is 18.2 Å². The second-order valence-corrected chi connectivity index (χ2v) is 6.56. The van der Waals surface area contributed by atoms with Gasteiger partial charge in [0.25, 0.3) is 5.91 Å². The molecule has 3 rings (SSSR count). The Balaban J connectivity index is 1.61. The fraction of sp³-hybridized carbons (Fsp3) is 0.500. The van der Waals surface area contributed by atoms with Crippen molar-refractivity contribution < 1.29 is 9.32 Å². The Kier molecular flexibility index (Phi) is 4.83. The van der Waals surface area contributed by atoms with Crippen LogP contribution in [-0.2, 0) is 0 Å². The van der Waals surface area contributed by atoms with Crippen LogP contribution in [0.4, 0.5) is 0 Å². The molecule has 0 radical (unpaired) electrons. The van der Waals surface area contributed by atoms with Gasteiger partial charge in [-0.2, -0.15) is 0 Å². The second kappa shape index (κ2) is 7.03. The summed E-state index contributed by atoms with van der Waals surface area (Å²) in [4.78, 5) is 18.4. The molecule has 1 saturated heterocycles. The van der Waals surface area contributed by atoms with E-state index >= 15 is 0 Å². The van der Waals surface area contributed by atoms with Gasteiger partial charge in [0.1, 0.15) is 5.76 Å². The van der Waals surface area contributed by atoms with Gasteiger partial charge in [0.2, 0.25) is 0 Å². The van der Waals surface area contributed by atoms with Crippen LogP contribution in [0.5, 0.6) is 0 Å². The van der Waals surface area contributed by atoms with E-state index in [9.17, 15) is 4.79 Å². The first-order chi connectivity index (χ1) is 11.6. The lowest BCUT2D eigenvalue weighted by Crippen LogP contribution is -2.39. The van der Waals surface area contributed by atoms with Crippen LogP contribution in [0.3, 0.4) is 0 Å². The summed E-state index contributed by atoms with van der Waals surface area (Å²) in [5.41, 5.74) is 1.47. The highest BCUT2D eigenvalue weighted by Gasteiger charge is 2.33. The van der Waals surface area contributed by atoms with Gasteiger partial charge < -0.3 is 14.7 Å². The molecule has 1 aliphatic heterocycles. The first-order valence-corrected chi connectivity index (χ1v) is 8.43. The topological polar surface area (TPSA) is 70.7 Å². The standard InChI is InChI=1S/C18H24N4O2/c1-4-14(7-8-19-3)22-10-12(2)16(11-22)20-18(23)15-9-17(24-21-15)13-5-6-13/h4,7-9,12-13,16H,3,5-6,10-11H2,1-2H3,(H,20,23)/b8-7-,14-4+/t12-,16+/m0/s1. The summed E-state index contributed by atoms with van der Waals surface area (Å²) < 4.78 is 5.27. The van der Waals surface area contributed by atoms with Crippen LogP contribution < -0.4 is 5.32 Å². The van der Waals surface area contributed by atoms with E-state index in [4.69, 9.17) is 4.52 Å². The monoisotopic (exact) mass is 328 g/mol. The molecule has 2 heterocycles. The number of rotatable bonds is 6. The summed E-state index contributed by atoms with van der Waals surface area (Å²) in [6.07, 6.45) is 7.91. The van der Waals surface area contributed by atoms with Crippen molar-refractivity contribution in [1.82, 2.24) is 15.4 Å². The molecule has 1 aromatic heterocycles. The lowest BCUT2D eigenvalue weighted by atomic mass is 10.1. The van der Waals surface area contributed by atoms with Gasteiger partial charge in [0.15, 0.2) is 5.69 Å². The lowest BCUT2D eigenvalue weighted by Gasteiger charge is -2.19. The van der Waals surface area contributed by atoms with Crippen LogP contribution >= 0.6 is 0 Å². The van der Waals surface area contributed by atoms with E-state index in [0.29, 0.717) is 17.5 Å². The Bertz CT molecular complexity index is 672. The van der Waals surface area contributed by atoms with Crippen molar-refractivity contribution in [2.75, 3.05) is 13.1 Å². The second-order valence-electron chi connectivity index (χ2n) is 6.56. The average molecular weight is 328 g/mol. The van der Waals surface area contributed by atoms with E-state index in [1.54, 1.807) is 12.3 Å². The Labute approximate surface area is 142 Å². The van der Waals surface area contributed by atoms with E-state index in [1.807, 2.05) is 19.1 Å². The predicted molar refractivity (Wildman–Crippen MR) is 92.9 cm³/mol. The van der Waals surface area contributed by atoms with Crippen LogP contribution in [0.15, 0.2) is 39.6 Å². The van der Waals surface area contributed by atoms with Crippen LogP contribution in [0.2, 0.25) is 0 Å². The third kappa shape index (κ3) is 3.58. The number of likely N-dealkylation sites (tertiary alicyclic amines) is 1. The molecule has 6 nitrogen and oxygen atoms in total. The molecule has 1 amide bonds. The predicted octanol–water partition coefficient (Wildman–Crippen LogP) is 2.72. The molecular formula is C18H24N4O2. The van der Waals surface area contributed by atoms with Crippen molar-refractivity contribution in [2.45, 2.75) is 38.6 Å². The smallest absolute Gasteiger partial charge is 0.273 e. The van der Waals surface area contributed by atoms with E-state index in [-0.39, 0.29) is 11.9 Å². The summed E-state index contributed by atoms with van der Waals surface area (Å²) >= 11 is 0. The molecule has 0 unspecified atom stereocenters. The normalized spacial score (nSPS) is 24.6. The number of aromatic nitrogens is 1. The quantitative estimate of drug-likeness (QED) is 0.644. The van der Waals surface area contributed by atoms with Gasteiger partial charge >= 0.3 is 0 Å². The highest BCUT2D eigenvalue weighted by atomic mass is 16.5. The number of hydrogen-bond acceptors (Lipinski definition) is 5. The van der Waals surface area contributed by atoms with E-state index in [1.165, 1.54) is 0 Å². The Morgan fingerprint density at radius 1 is 1.50 bits per heavy atom. The van der Waals surface area contributed by atoms with Crippen LogP contribution in [0.25, 0.3) is 0 Å². The third-order valence-electron chi connectivity index (χ3n) is 4.68. The zero-order valence-electron chi connectivity index (χ0n) is 14.2. The fourth-order valence-corrected chi connectivity index (χ4v) is 3.08. The highest BCUT2D eigenvalue weighted by molar-refractivity contribution is 5.92. The maximum atomic E-state index is 12.4. The Morgan fingerprint density at radius 3 is 2.96 bits per heavy atom. The maximum Gasteiger partial charge on any atom is 0.273 e. The van der Waals surface area contributed by atoms with E-state index in [0.717, 1.165) is 37.4 Å². The summed E-state index contributed by atoms with van der Waals surface area (Å²) in [6, 6.07) is 1.86. The van der Waals surface area contributed by atoms with Crippen LogP contribution in [-0.4, -0.2) is 41.8 Å². The highest BCUT2D eigenvalue weighted by Crippen LogP contribution is 2.40. The molecule has 1 aromatic rings. The zero-order chi connectivity index (χ0) is 17.1. The first-order valence-electron chi connectivity index (χ1n) is 8.43. The van der Waals surface area contributed by atoms with Crippen molar-refractivity contribution in [3.8, 4) is 0 Å². The van der Waals surface area contributed by atoms with E-state index in [2.05, 4.69) is 34.0 Å². The summed E-state index contributed by atoms with van der Waals surface area (Å²) in [5.74, 6) is 1.49. The van der Waals surface area contributed by atoms with Crippen molar-refractivity contribution >= 4 is 12.6 Å². The van der Waals surface area contributed by atoms with Gasteiger partial charge in [-0.3, -0.25) is 9.79 Å². The Morgan fingerprint density at radius 2 is 2.29 bits per heavy atom. The van der Waals surface area contributed by atoms with E-state index < -0.39 is 0 Å². The minimum Gasteiger partial charge on any atom is -0.369 e. The van der Waals surface area contributed by atoms with Crippen molar-refractivity contribution in [1.29, 1.82) is 0 Å². The largest absolute Gasteiger partial charge is 0.369 e. The molecule has 24 heavy (non-hydrogen) atoms. The molecule has 2 aliphatic rings. The molecule has 1 N–H and O–H groups in total. The third-order valence-corrected chi connectivity index (χ3v) is 4.68. The zero-order valence-corrected chi connectivity index (χ0v) is 14.2. The number of carbonyl (C=O) groups excluding carboxylic acids is 1. The van der Waals surface area contributed by atoms with Gasteiger partial charge in [0, 0.05) is 37.0 Å². The molecule has 0 aromatic carbocycles. The molecular weight excluding hydrogens is 304 g/mol. The molecule has 1 aliphatic carbocycles. The molecule has 1 saturated carbocycles. The van der Waals surface area contributed by atoms with Crippen LogP contribution in [0.1, 0.15) is 48.9 Å². The van der Waals surface area contributed by atoms with Gasteiger partial charge in [-0.25, -0.2) is 0 Å². The number of nitrogens with zero attached hydrogens (tertiary/aromatic N) is 3. The molecule has 6 heteroatoms. The van der Waals surface area contributed by atoms with Crippen molar-refractivity contribution in [3.05, 3.63) is 41.6 Å². The fourth-order valence-electron chi connectivity index (χ4n) is 3.08. The lowest BCUT2D eigenvalue weighted by molar-refractivity contribution is 0.0922. The van der Waals surface area contributed by atoms with Crippen LogP contribution in [0, 0.1) is 5.92 Å². The number of hydrogen-bond donors (Lipinski definition) is 1. The molecule has 2 fully saturated rings. The number of amides is 1. The first kappa shape index (κ1) is 16.5. The minimum absolute atomic E-state index is 0.0821. The van der Waals surface area contributed by atoms with Gasteiger partial charge in [-0.05, 0) is 38.5 Å². The molecule has 2 atom stereocenters. The number of aliphatic imine (C=N–C) groups is 1. The summed E-state index contributed by atoms with van der Waals surface area (Å²) in [7, 11) is 0. The number of nitrogens with one attached hydrogen (secondary N) is 1. The average Bonchev–Trinajstić information content (AvgIpc) is 3.19. The molecule has 0 spiro atoms.